The summed E-state index contributed by atoms with van der Waals surface area (Å²) in [6, 6.07) is 14.6. The van der Waals surface area contributed by atoms with Gasteiger partial charge in [-0.15, -0.1) is 5.10 Å². The number of methoxy groups -OCH3 is 2. The van der Waals surface area contributed by atoms with E-state index in [4.69, 9.17) is 14.2 Å². The number of cyclic esters (lactones) is 1. The second-order valence-electron chi connectivity index (χ2n) is 5.80. The molecule has 1 aliphatic heterocycles. The molecular weight excluding hydrogens is 360 g/mol. The number of aliphatic imine (C=N–C) groups is 1. The van der Waals surface area contributed by atoms with Crippen LogP contribution in [0.4, 0.5) is 0 Å². The quantitative estimate of drug-likeness (QED) is 0.502. The molecule has 0 aliphatic carbocycles. The van der Waals surface area contributed by atoms with Gasteiger partial charge in [0.05, 0.1) is 26.1 Å². The van der Waals surface area contributed by atoms with Crippen molar-refractivity contribution in [1.29, 1.82) is 0 Å². The minimum atomic E-state index is -0.556. The average Bonchev–Trinajstić information content (AvgIpc) is 3.35. The Morgan fingerprint density at radius 3 is 2.57 bits per heavy atom. The smallest absolute Gasteiger partial charge is 0.363 e. The lowest BCUT2D eigenvalue weighted by molar-refractivity contribution is -0.129. The summed E-state index contributed by atoms with van der Waals surface area (Å²) in [5.41, 5.74) is 2.05. The van der Waals surface area contributed by atoms with E-state index < -0.39 is 5.97 Å². The lowest BCUT2D eigenvalue weighted by Crippen LogP contribution is -2.06. The molecule has 0 saturated carbocycles. The van der Waals surface area contributed by atoms with Gasteiger partial charge >= 0.3 is 5.97 Å². The second kappa shape index (κ2) is 7.36. The molecule has 1 aliphatic rings. The van der Waals surface area contributed by atoms with Crippen molar-refractivity contribution in [2.75, 3.05) is 14.2 Å². The highest BCUT2D eigenvalue weighted by Crippen LogP contribution is 2.29. The van der Waals surface area contributed by atoms with Gasteiger partial charge in [0.1, 0.15) is 5.69 Å². The monoisotopic (exact) mass is 376 g/mol. The highest BCUT2D eigenvalue weighted by Gasteiger charge is 2.25. The van der Waals surface area contributed by atoms with E-state index in [1.807, 2.05) is 30.3 Å². The lowest BCUT2D eigenvalue weighted by atomic mass is 10.2. The van der Waals surface area contributed by atoms with E-state index in [9.17, 15) is 4.79 Å². The minimum Gasteiger partial charge on any atom is -0.493 e. The Balaban J connectivity index is 1.62. The number of aromatic nitrogens is 3. The summed E-state index contributed by atoms with van der Waals surface area (Å²) in [6.45, 7) is 0. The van der Waals surface area contributed by atoms with Crippen molar-refractivity contribution in [3.05, 3.63) is 71.7 Å². The molecule has 140 valence electrons. The Labute approximate surface area is 160 Å². The van der Waals surface area contributed by atoms with Crippen LogP contribution >= 0.6 is 0 Å². The Kier molecular flexibility index (Phi) is 4.59. The molecule has 0 saturated heterocycles. The molecule has 0 fully saturated rings. The summed E-state index contributed by atoms with van der Waals surface area (Å²) in [5.74, 6) is 0.721. The van der Waals surface area contributed by atoms with Gasteiger partial charge in [-0.05, 0) is 30.3 Å². The number of nitrogens with zero attached hydrogens (tertiary/aromatic N) is 4. The summed E-state index contributed by atoms with van der Waals surface area (Å²) in [4.78, 5) is 18.0. The molecule has 2 aromatic carbocycles. The Morgan fingerprint density at radius 1 is 1.04 bits per heavy atom. The number of hydrogen-bond acceptors (Lipinski definition) is 7. The van der Waals surface area contributed by atoms with Crippen LogP contribution in [0.1, 0.15) is 11.3 Å². The largest absolute Gasteiger partial charge is 0.493 e. The summed E-state index contributed by atoms with van der Waals surface area (Å²) in [5, 5.41) is 8.54. The van der Waals surface area contributed by atoms with Gasteiger partial charge in [0, 0.05) is 11.6 Å². The van der Waals surface area contributed by atoms with E-state index in [0.717, 1.165) is 5.69 Å². The SMILES string of the molecule is COc1ccc(C2=N/C(=C\c3cnn(-c4ccccc4)n3)C(=O)O2)cc1OC. The van der Waals surface area contributed by atoms with Crippen molar-refractivity contribution < 1.29 is 19.0 Å². The molecule has 0 N–H and O–H groups in total. The van der Waals surface area contributed by atoms with Crippen LogP contribution in [0.5, 0.6) is 11.5 Å². The number of benzene rings is 2. The normalized spacial score (nSPS) is 14.7. The van der Waals surface area contributed by atoms with E-state index in [0.29, 0.717) is 22.8 Å². The number of hydrogen-bond donors (Lipinski definition) is 0. The second-order valence-corrected chi connectivity index (χ2v) is 5.80. The van der Waals surface area contributed by atoms with Gasteiger partial charge in [0.25, 0.3) is 0 Å². The highest BCUT2D eigenvalue weighted by atomic mass is 16.6. The predicted octanol–water partition coefficient (Wildman–Crippen LogP) is 2.63. The van der Waals surface area contributed by atoms with Crippen LogP contribution in [-0.4, -0.2) is 41.1 Å². The molecule has 1 aromatic heterocycles. The molecule has 3 aromatic rings. The predicted molar refractivity (Wildman–Crippen MR) is 102 cm³/mol. The molecule has 28 heavy (non-hydrogen) atoms. The van der Waals surface area contributed by atoms with E-state index >= 15 is 0 Å². The number of esters is 1. The molecule has 4 rings (SSSR count). The fourth-order valence-corrected chi connectivity index (χ4v) is 2.67. The maximum Gasteiger partial charge on any atom is 0.363 e. The van der Waals surface area contributed by atoms with E-state index in [1.165, 1.54) is 18.0 Å². The summed E-state index contributed by atoms with van der Waals surface area (Å²) in [6.07, 6.45) is 3.08. The number of para-hydroxylation sites is 1. The van der Waals surface area contributed by atoms with Crippen molar-refractivity contribution in [2.24, 2.45) is 4.99 Å². The standard InChI is InChI=1S/C20H16N4O4/c1-26-17-9-8-13(10-18(17)27-2)19-22-16(20(25)28-19)11-14-12-21-24(23-14)15-6-4-3-5-7-15/h3-12H,1-2H3/b16-11-. The maximum atomic E-state index is 12.2. The third-order valence-corrected chi connectivity index (χ3v) is 4.03. The molecule has 0 spiro atoms. The molecule has 0 unspecified atom stereocenters. The Morgan fingerprint density at radius 2 is 1.82 bits per heavy atom. The average molecular weight is 376 g/mol. The molecule has 2 heterocycles. The van der Waals surface area contributed by atoms with Crippen LogP contribution in [0, 0.1) is 0 Å². The zero-order valence-electron chi connectivity index (χ0n) is 15.2. The van der Waals surface area contributed by atoms with Crippen LogP contribution in [0.25, 0.3) is 11.8 Å². The summed E-state index contributed by atoms with van der Waals surface area (Å²) < 4.78 is 15.8. The van der Waals surface area contributed by atoms with Gasteiger partial charge in [-0.3, -0.25) is 0 Å². The molecule has 8 heteroatoms. The lowest BCUT2D eigenvalue weighted by Gasteiger charge is -2.08. The minimum absolute atomic E-state index is 0.143. The van der Waals surface area contributed by atoms with Crippen LogP contribution < -0.4 is 9.47 Å². The first-order valence-electron chi connectivity index (χ1n) is 8.40. The maximum absolute atomic E-state index is 12.2. The van der Waals surface area contributed by atoms with Crippen molar-refractivity contribution in [3.63, 3.8) is 0 Å². The van der Waals surface area contributed by atoms with Crippen molar-refractivity contribution in [2.45, 2.75) is 0 Å². The zero-order chi connectivity index (χ0) is 19.5. The summed E-state index contributed by atoms with van der Waals surface area (Å²) >= 11 is 0. The van der Waals surface area contributed by atoms with Crippen molar-refractivity contribution in [1.82, 2.24) is 15.0 Å². The molecule has 8 nitrogen and oxygen atoms in total. The van der Waals surface area contributed by atoms with Crippen molar-refractivity contribution in [3.8, 4) is 17.2 Å². The van der Waals surface area contributed by atoms with Gasteiger partial charge in [-0.25, -0.2) is 9.79 Å². The first kappa shape index (κ1) is 17.5. The van der Waals surface area contributed by atoms with Crippen LogP contribution in [0.3, 0.4) is 0 Å². The van der Waals surface area contributed by atoms with Crippen molar-refractivity contribution >= 4 is 17.9 Å². The first-order valence-corrected chi connectivity index (χ1v) is 8.40. The van der Waals surface area contributed by atoms with Gasteiger partial charge < -0.3 is 14.2 Å². The molecule has 0 bridgehead atoms. The van der Waals surface area contributed by atoms with Gasteiger partial charge in [0.15, 0.2) is 17.2 Å². The van der Waals surface area contributed by atoms with E-state index in [-0.39, 0.29) is 11.6 Å². The zero-order valence-corrected chi connectivity index (χ0v) is 15.2. The molecule has 0 amide bonds. The molecular formula is C20H16N4O4. The summed E-state index contributed by atoms with van der Waals surface area (Å²) in [7, 11) is 3.08. The number of ether oxygens (including phenoxy) is 3. The van der Waals surface area contributed by atoms with Gasteiger partial charge in [-0.2, -0.15) is 9.90 Å². The number of rotatable bonds is 5. The van der Waals surface area contributed by atoms with Crippen LogP contribution in [0.15, 0.2) is 65.4 Å². The Bertz CT molecular complexity index is 1090. The Hall–Kier alpha value is -3.94. The van der Waals surface area contributed by atoms with E-state index in [2.05, 4.69) is 15.2 Å². The van der Waals surface area contributed by atoms with Gasteiger partial charge in [-0.1, -0.05) is 18.2 Å². The topological polar surface area (TPSA) is 87.8 Å². The number of carbonyl (C=O) groups is 1. The van der Waals surface area contributed by atoms with Crippen LogP contribution in [0.2, 0.25) is 0 Å². The molecule has 0 radical (unpaired) electrons. The van der Waals surface area contributed by atoms with E-state index in [1.54, 1.807) is 31.5 Å². The molecule has 0 atom stereocenters. The third kappa shape index (κ3) is 3.35. The fourth-order valence-electron chi connectivity index (χ4n) is 2.67. The van der Waals surface area contributed by atoms with Crippen LogP contribution in [-0.2, 0) is 9.53 Å². The van der Waals surface area contributed by atoms with Gasteiger partial charge in [0.2, 0.25) is 5.90 Å². The first-order chi connectivity index (χ1) is 13.7. The number of carbonyl (C=O) groups excluding carboxylic acids is 1. The fraction of sp³-hybridized carbons (Fsp3) is 0.100. The highest BCUT2D eigenvalue weighted by molar-refractivity contribution is 6.12. The third-order valence-electron chi connectivity index (χ3n) is 4.03.